The molecule has 1 saturated carbocycles. The summed E-state index contributed by atoms with van der Waals surface area (Å²) in [6.07, 6.45) is 2.22. The summed E-state index contributed by atoms with van der Waals surface area (Å²) in [6.45, 7) is 0.940. The molecule has 3 N–H and O–H groups in total. The van der Waals surface area contributed by atoms with E-state index in [0.29, 0.717) is 22.0 Å². The zero-order chi connectivity index (χ0) is 10.8. The van der Waals surface area contributed by atoms with E-state index >= 15 is 0 Å². The summed E-state index contributed by atoms with van der Waals surface area (Å²) in [5, 5.41) is 4.65. The Balaban J connectivity index is 1.88. The van der Waals surface area contributed by atoms with Gasteiger partial charge in [0, 0.05) is 17.6 Å². The van der Waals surface area contributed by atoms with Crippen molar-refractivity contribution in [3.8, 4) is 0 Å². The van der Waals surface area contributed by atoms with Crippen LogP contribution in [0.2, 0.25) is 10.0 Å². The van der Waals surface area contributed by atoms with E-state index in [0.717, 1.165) is 25.1 Å². The van der Waals surface area contributed by atoms with Crippen LogP contribution in [0.1, 0.15) is 12.8 Å². The molecule has 2 nitrogen and oxygen atoms in total. The molecule has 0 bridgehead atoms. The Bertz CT molecular complexity index is 348. The Morgan fingerprint density at radius 2 is 2.07 bits per heavy atom. The van der Waals surface area contributed by atoms with Gasteiger partial charge in [-0.3, -0.25) is 0 Å². The fraction of sp³-hybridized carbons (Fsp3) is 0.455. The highest BCUT2D eigenvalue weighted by atomic mass is 35.5. The highest BCUT2D eigenvalue weighted by Crippen LogP contribution is 2.29. The van der Waals surface area contributed by atoms with Gasteiger partial charge in [0.1, 0.15) is 0 Å². The summed E-state index contributed by atoms with van der Waals surface area (Å²) in [5.41, 5.74) is 6.66. The molecule has 0 heterocycles. The highest BCUT2D eigenvalue weighted by molar-refractivity contribution is 6.36. The van der Waals surface area contributed by atoms with Gasteiger partial charge in [-0.15, -0.1) is 0 Å². The molecule has 1 aliphatic carbocycles. The first-order valence-electron chi connectivity index (χ1n) is 5.09. The van der Waals surface area contributed by atoms with E-state index in [1.54, 1.807) is 6.07 Å². The summed E-state index contributed by atoms with van der Waals surface area (Å²) in [4.78, 5) is 0. The van der Waals surface area contributed by atoms with Crippen LogP contribution in [0.5, 0.6) is 0 Å². The first kappa shape index (κ1) is 11.1. The van der Waals surface area contributed by atoms with Gasteiger partial charge in [0.15, 0.2) is 0 Å². The predicted molar refractivity (Wildman–Crippen MR) is 65.7 cm³/mol. The maximum Gasteiger partial charge on any atom is 0.0652 e. The lowest BCUT2D eigenvalue weighted by atomic mass is 9.81. The molecule has 15 heavy (non-hydrogen) atoms. The summed E-state index contributed by atoms with van der Waals surface area (Å²) < 4.78 is 0. The Hall–Kier alpha value is -0.440. The average Bonchev–Trinajstić information content (AvgIpc) is 2.13. The molecule has 0 atom stereocenters. The third-order valence-electron chi connectivity index (χ3n) is 2.78. The van der Waals surface area contributed by atoms with Crippen LogP contribution in [0.15, 0.2) is 18.2 Å². The molecule has 0 amide bonds. The molecule has 0 saturated heterocycles. The first-order chi connectivity index (χ1) is 7.15. The van der Waals surface area contributed by atoms with E-state index in [1.165, 1.54) is 0 Å². The summed E-state index contributed by atoms with van der Waals surface area (Å²) in [7, 11) is 0. The van der Waals surface area contributed by atoms with Gasteiger partial charge in [0.05, 0.1) is 10.7 Å². The van der Waals surface area contributed by atoms with Crippen LogP contribution < -0.4 is 11.1 Å². The second-order valence-electron chi connectivity index (χ2n) is 4.10. The minimum absolute atomic E-state index is 0.400. The molecule has 1 aromatic rings. The van der Waals surface area contributed by atoms with Crippen LogP contribution in [-0.4, -0.2) is 12.6 Å². The Morgan fingerprint density at radius 1 is 1.33 bits per heavy atom. The predicted octanol–water partition coefficient (Wildman–Crippen LogP) is 3.14. The van der Waals surface area contributed by atoms with E-state index in [4.69, 9.17) is 28.9 Å². The van der Waals surface area contributed by atoms with Gasteiger partial charge >= 0.3 is 0 Å². The number of rotatable bonds is 3. The number of halogens is 2. The molecule has 1 fully saturated rings. The van der Waals surface area contributed by atoms with Crippen molar-refractivity contribution in [2.24, 2.45) is 11.7 Å². The zero-order valence-electron chi connectivity index (χ0n) is 8.34. The van der Waals surface area contributed by atoms with Crippen LogP contribution in [0.4, 0.5) is 5.69 Å². The molecule has 0 spiro atoms. The fourth-order valence-electron chi connectivity index (χ4n) is 1.84. The lowest BCUT2D eigenvalue weighted by Gasteiger charge is -2.32. The van der Waals surface area contributed by atoms with E-state index < -0.39 is 0 Å². The SMILES string of the molecule is NC1CC(CNc2ccc(Cl)cc2Cl)C1. The summed E-state index contributed by atoms with van der Waals surface area (Å²) >= 11 is 11.8. The molecule has 0 radical (unpaired) electrons. The van der Waals surface area contributed by atoms with Crippen molar-refractivity contribution in [1.82, 2.24) is 0 Å². The summed E-state index contributed by atoms with van der Waals surface area (Å²) in [5.74, 6) is 0.687. The monoisotopic (exact) mass is 244 g/mol. The van der Waals surface area contributed by atoms with E-state index in [-0.39, 0.29) is 0 Å². The van der Waals surface area contributed by atoms with Crippen molar-refractivity contribution in [2.75, 3.05) is 11.9 Å². The van der Waals surface area contributed by atoms with Crippen molar-refractivity contribution >= 4 is 28.9 Å². The van der Waals surface area contributed by atoms with Crippen molar-refractivity contribution in [3.63, 3.8) is 0 Å². The van der Waals surface area contributed by atoms with Gasteiger partial charge in [0.25, 0.3) is 0 Å². The highest BCUT2D eigenvalue weighted by Gasteiger charge is 2.25. The average molecular weight is 245 g/mol. The number of nitrogens with two attached hydrogens (primary N) is 1. The maximum absolute atomic E-state index is 6.03. The minimum atomic E-state index is 0.400. The van der Waals surface area contributed by atoms with Crippen LogP contribution in [0, 0.1) is 5.92 Å². The first-order valence-corrected chi connectivity index (χ1v) is 5.85. The molecule has 0 aromatic heterocycles. The van der Waals surface area contributed by atoms with Gasteiger partial charge < -0.3 is 11.1 Å². The number of hydrogen-bond acceptors (Lipinski definition) is 2. The molecule has 1 aromatic carbocycles. The Kier molecular flexibility index (Phi) is 3.39. The number of benzene rings is 1. The molecule has 0 aliphatic heterocycles. The minimum Gasteiger partial charge on any atom is -0.384 e. The quantitative estimate of drug-likeness (QED) is 0.858. The summed E-state index contributed by atoms with van der Waals surface area (Å²) in [6, 6.07) is 5.89. The Labute approximate surface area is 99.7 Å². The molecule has 1 aliphatic rings. The molecule has 0 unspecified atom stereocenters. The third kappa shape index (κ3) is 2.77. The molecular weight excluding hydrogens is 231 g/mol. The zero-order valence-corrected chi connectivity index (χ0v) is 9.85. The number of hydrogen-bond donors (Lipinski definition) is 2. The van der Waals surface area contributed by atoms with Crippen molar-refractivity contribution in [3.05, 3.63) is 28.2 Å². The van der Waals surface area contributed by atoms with E-state index in [1.807, 2.05) is 12.1 Å². The number of nitrogens with one attached hydrogen (secondary N) is 1. The van der Waals surface area contributed by atoms with Gasteiger partial charge in [-0.2, -0.15) is 0 Å². The van der Waals surface area contributed by atoms with Crippen LogP contribution in [0.3, 0.4) is 0 Å². The normalized spacial score (nSPS) is 24.7. The van der Waals surface area contributed by atoms with Gasteiger partial charge in [-0.1, -0.05) is 23.2 Å². The van der Waals surface area contributed by atoms with Crippen LogP contribution in [0.25, 0.3) is 0 Å². The molecule has 4 heteroatoms. The fourth-order valence-corrected chi connectivity index (χ4v) is 2.32. The van der Waals surface area contributed by atoms with Crippen molar-refractivity contribution in [1.29, 1.82) is 0 Å². The van der Waals surface area contributed by atoms with Crippen LogP contribution in [-0.2, 0) is 0 Å². The standard InChI is InChI=1S/C11H14Cl2N2/c12-8-1-2-11(10(13)5-8)15-6-7-3-9(14)4-7/h1-2,5,7,9,15H,3-4,6,14H2. The largest absolute Gasteiger partial charge is 0.384 e. The maximum atomic E-state index is 6.03. The van der Waals surface area contributed by atoms with Crippen molar-refractivity contribution in [2.45, 2.75) is 18.9 Å². The van der Waals surface area contributed by atoms with Crippen LogP contribution >= 0.6 is 23.2 Å². The van der Waals surface area contributed by atoms with Gasteiger partial charge in [-0.25, -0.2) is 0 Å². The second kappa shape index (κ2) is 4.60. The van der Waals surface area contributed by atoms with Gasteiger partial charge in [-0.05, 0) is 37.0 Å². The Morgan fingerprint density at radius 3 is 2.67 bits per heavy atom. The topological polar surface area (TPSA) is 38.0 Å². The molecule has 2 rings (SSSR count). The molecular formula is C11H14Cl2N2. The third-order valence-corrected chi connectivity index (χ3v) is 3.33. The molecule has 82 valence electrons. The van der Waals surface area contributed by atoms with E-state index in [9.17, 15) is 0 Å². The second-order valence-corrected chi connectivity index (χ2v) is 4.95. The smallest absolute Gasteiger partial charge is 0.0652 e. The number of anilines is 1. The van der Waals surface area contributed by atoms with Crippen molar-refractivity contribution < 1.29 is 0 Å². The lowest BCUT2D eigenvalue weighted by Crippen LogP contribution is -2.39. The van der Waals surface area contributed by atoms with Gasteiger partial charge in [0.2, 0.25) is 0 Å². The van der Waals surface area contributed by atoms with E-state index in [2.05, 4.69) is 5.32 Å². The lowest BCUT2D eigenvalue weighted by molar-refractivity contribution is 0.280.